The maximum atomic E-state index is 13.1. The number of carbonyl (C=O) groups is 1. The van der Waals surface area contributed by atoms with Crippen molar-refractivity contribution in [2.24, 2.45) is 5.92 Å². The van der Waals surface area contributed by atoms with Crippen LogP contribution in [0.5, 0.6) is 0 Å². The van der Waals surface area contributed by atoms with Crippen LogP contribution in [0.4, 0.5) is 13.6 Å². The Bertz CT molecular complexity index is 505. The average molecular weight is 308 g/mol. The van der Waals surface area contributed by atoms with Crippen molar-refractivity contribution in [1.82, 2.24) is 10.2 Å². The summed E-state index contributed by atoms with van der Waals surface area (Å²) in [5.74, 6) is -2.04. The van der Waals surface area contributed by atoms with Crippen LogP contribution in [0, 0.1) is 5.92 Å². The molecule has 0 radical (unpaired) electrons. The fraction of sp³-hybridized carbons (Fsp3) is 0.588. The Morgan fingerprint density at radius 3 is 2.45 bits per heavy atom. The van der Waals surface area contributed by atoms with Gasteiger partial charge in [-0.1, -0.05) is 30.3 Å². The van der Waals surface area contributed by atoms with Gasteiger partial charge in [0.2, 0.25) is 5.92 Å². The van der Waals surface area contributed by atoms with E-state index in [-0.39, 0.29) is 24.9 Å². The number of nitrogens with one attached hydrogen (secondary N) is 1. The third kappa shape index (κ3) is 3.76. The number of amides is 2. The van der Waals surface area contributed by atoms with E-state index in [2.05, 4.69) is 17.4 Å². The van der Waals surface area contributed by atoms with E-state index < -0.39 is 5.92 Å². The molecule has 22 heavy (non-hydrogen) atoms. The summed E-state index contributed by atoms with van der Waals surface area (Å²) in [6.45, 7) is 1.51. The first kappa shape index (κ1) is 15.3. The van der Waals surface area contributed by atoms with E-state index in [4.69, 9.17) is 0 Å². The molecule has 2 aliphatic rings. The zero-order valence-electron chi connectivity index (χ0n) is 12.6. The Hall–Kier alpha value is -1.65. The number of halogens is 2. The normalized spacial score (nSPS) is 22.2. The van der Waals surface area contributed by atoms with Gasteiger partial charge in [-0.15, -0.1) is 0 Å². The lowest BCUT2D eigenvalue weighted by Gasteiger charge is -2.40. The minimum atomic E-state index is -2.54. The van der Waals surface area contributed by atoms with Gasteiger partial charge < -0.3 is 10.2 Å². The number of hydrogen-bond donors (Lipinski definition) is 1. The summed E-state index contributed by atoms with van der Waals surface area (Å²) in [7, 11) is 0. The number of carbonyl (C=O) groups excluding carboxylic acids is 1. The van der Waals surface area contributed by atoms with Gasteiger partial charge in [0.15, 0.2) is 0 Å². The van der Waals surface area contributed by atoms with Crippen molar-refractivity contribution in [3.05, 3.63) is 35.9 Å². The third-order valence-electron chi connectivity index (χ3n) is 4.66. The molecule has 2 fully saturated rings. The molecule has 5 heteroatoms. The molecule has 120 valence electrons. The summed E-state index contributed by atoms with van der Waals surface area (Å²) in [5.41, 5.74) is 1.29. The van der Waals surface area contributed by atoms with Crippen LogP contribution in [-0.4, -0.2) is 36.0 Å². The van der Waals surface area contributed by atoms with E-state index in [0.717, 1.165) is 19.5 Å². The number of alkyl halides is 2. The van der Waals surface area contributed by atoms with Gasteiger partial charge in [0.05, 0.1) is 0 Å². The number of nitrogens with zero attached hydrogens (tertiary/aromatic N) is 1. The Kier molecular flexibility index (Phi) is 4.32. The van der Waals surface area contributed by atoms with Crippen molar-refractivity contribution in [1.29, 1.82) is 0 Å². The summed E-state index contributed by atoms with van der Waals surface area (Å²) in [4.78, 5) is 13.9. The Labute approximate surface area is 129 Å². The molecule has 1 aromatic rings. The molecule has 2 amide bonds. The van der Waals surface area contributed by atoms with Gasteiger partial charge in [0.25, 0.3) is 0 Å². The van der Waals surface area contributed by atoms with E-state index in [1.54, 1.807) is 4.90 Å². The molecule has 1 saturated heterocycles. The Morgan fingerprint density at radius 2 is 1.82 bits per heavy atom. The van der Waals surface area contributed by atoms with E-state index >= 15 is 0 Å². The fourth-order valence-corrected chi connectivity index (χ4v) is 3.26. The smallest absolute Gasteiger partial charge is 0.317 e. The molecular formula is C17H22F2N2O. The Morgan fingerprint density at radius 1 is 1.18 bits per heavy atom. The van der Waals surface area contributed by atoms with E-state index in [0.29, 0.717) is 18.8 Å². The van der Waals surface area contributed by atoms with Crippen LogP contribution >= 0.6 is 0 Å². The molecule has 3 rings (SSSR count). The highest BCUT2D eigenvalue weighted by Crippen LogP contribution is 2.33. The number of likely N-dealkylation sites (tertiary alicyclic amines) is 1. The van der Waals surface area contributed by atoms with Crippen molar-refractivity contribution >= 4 is 6.03 Å². The molecule has 1 aliphatic carbocycles. The highest BCUT2D eigenvalue weighted by atomic mass is 19.3. The van der Waals surface area contributed by atoms with Gasteiger partial charge in [-0.2, -0.15) is 0 Å². The van der Waals surface area contributed by atoms with Crippen LogP contribution in [0.1, 0.15) is 31.2 Å². The molecule has 1 heterocycles. The van der Waals surface area contributed by atoms with Gasteiger partial charge in [-0.3, -0.25) is 0 Å². The SMILES string of the molecule is O=C(NC1CCC(F)(F)CC1)N1CC(Cc2ccccc2)C1. The molecular weight excluding hydrogens is 286 g/mol. The van der Waals surface area contributed by atoms with E-state index in [9.17, 15) is 13.6 Å². The monoisotopic (exact) mass is 308 g/mol. The van der Waals surface area contributed by atoms with E-state index in [1.165, 1.54) is 5.56 Å². The maximum Gasteiger partial charge on any atom is 0.317 e. The molecule has 0 spiro atoms. The van der Waals surface area contributed by atoms with Crippen LogP contribution in [-0.2, 0) is 6.42 Å². The lowest BCUT2D eigenvalue weighted by molar-refractivity contribution is -0.0401. The van der Waals surface area contributed by atoms with Crippen LogP contribution in [0.15, 0.2) is 30.3 Å². The second kappa shape index (κ2) is 6.23. The molecule has 0 aromatic heterocycles. The van der Waals surface area contributed by atoms with Crippen LogP contribution in [0.3, 0.4) is 0 Å². The van der Waals surface area contributed by atoms with Gasteiger partial charge in [0.1, 0.15) is 0 Å². The molecule has 0 atom stereocenters. The summed E-state index contributed by atoms with van der Waals surface area (Å²) in [6, 6.07) is 10.1. The summed E-state index contributed by atoms with van der Waals surface area (Å²) in [5, 5.41) is 2.90. The molecule has 1 aliphatic heterocycles. The molecule has 1 aromatic carbocycles. The van der Waals surface area contributed by atoms with Gasteiger partial charge >= 0.3 is 6.03 Å². The zero-order valence-corrected chi connectivity index (χ0v) is 12.6. The summed E-state index contributed by atoms with van der Waals surface area (Å²) < 4.78 is 26.2. The molecule has 3 nitrogen and oxygen atoms in total. The second-order valence-electron chi connectivity index (χ2n) is 6.54. The fourth-order valence-electron chi connectivity index (χ4n) is 3.26. The zero-order chi connectivity index (χ0) is 15.6. The lowest BCUT2D eigenvalue weighted by atomic mass is 9.91. The number of urea groups is 1. The van der Waals surface area contributed by atoms with Gasteiger partial charge in [-0.05, 0) is 30.7 Å². The van der Waals surface area contributed by atoms with Crippen LogP contribution < -0.4 is 5.32 Å². The van der Waals surface area contributed by atoms with Crippen molar-refractivity contribution in [3.8, 4) is 0 Å². The average Bonchev–Trinajstić information content (AvgIpc) is 2.45. The van der Waals surface area contributed by atoms with Crippen molar-refractivity contribution in [3.63, 3.8) is 0 Å². The first-order chi connectivity index (χ1) is 10.5. The van der Waals surface area contributed by atoms with Gasteiger partial charge in [0, 0.05) is 32.0 Å². The minimum absolute atomic E-state index is 0.0969. The summed E-state index contributed by atoms with van der Waals surface area (Å²) in [6.07, 6.45) is 1.50. The second-order valence-corrected chi connectivity index (χ2v) is 6.54. The molecule has 0 unspecified atom stereocenters. The van der Waals surface area contributed by atoms with Crippen molar-refractivity contribution in [2.45, 2.75) is 44.1 Å². The first-order valence-corrected chi connectivity index (χ1v) is 7.99. The third-order valence-corrected chi connectivity index (χ3v) is 4.66. The van der Waals surface area contributed by atoms with Crippen molar-refractivity contribution < 1.29 is 13.6 Å². The molecule has 1 saturated carbocycles. The number of rotatable bonds is 3. The van der Waals surface area contributed by atoms with Crippen LogP contribution in [0.25, 0.3) is 0 Å². The minimum Gasteiger partial charge on any atom is -0.335 e. The Balaban J connectivity index is 1.39. The lowest BCUT2D eigenvalue weighted by Crippen LogP contribution is -2.56. The van der Waals surface area contributed by atoms with Crippen LogP contribution in [0.2, 0.25) is 0 Å². The predicted octanol–water partition coefficient (Wildman–Crippen LogP) is 3.45. The topological polar surface area (TPSA) is 32.3 Å². The van der Waals surface area contributed by atoms with Gasteiger partial charge in [-0.25, -0.2) is 13.6 Å². The standard InChI is InChI=1S/C17H22F2N2O/c18-17(19)8-6-15(7-9-17)20-16(22)21-11-14(12-21)10-13-4-2-1-3-5-13/h1-5,14-15H,6-12H2,(H,20,22). The highest BCUT2D eigenvalue weighted by Gasteiger charge is 2.37. The largest absolute Gasteiger partial charge is 0.335 e. The quantitative estimate of drug-likeness (QED) is 0.911. The van der Waals surface area contributed by atoms with Crippen molar-refractivity contribution in [2.75, 3.05) is 13.1 Å². The summed E-state index contributed by atoms with van der Waals surface area (Å²) >= 11 is 0. The highest BCUT2D eigenvalue weighted by molar-refractivity contribution is 5.75. The van der Waals surface area contributed by atoms with E-state index in [1.807, 2.05) is 18.2 Å². The first-order valence-electron chi connectivity index (χ1n) is 7.99. The molecule has 0 bridgehead atoms. The number of benzene rings is 1. The predicted molar refractivity (Wildman–Crippen MR) is 80.9 cm³/mol. The molecule has 1 N–H and O–H groups in total. The number of hydrogen-bond acceptors (Lipinski definition) is 1. The maximum absolute atomic E-state index is 13.1.